The van der Waals surface area contributed by atoms with Gasteiger partial charge in [0.15, 0.2) is 6.10 Å². The molecule has 0 fully saturated rings. The Hall–Kier alpha value is -1.07. The molecule has 1 amide bonds. The average Bonchev–Trinajstić information content (AvgIpc) is 2.39. The maximum atomic E-state index is 11.7. The van der Waals surface area contributed by atoms with Crippen LogP contribution in [0.2, 0.25) is 0 Å². The third kappa shape index (κ3) is 5.20. The molecule has 106 valence electrons. The first-order valence-corrected chi connectivity index (χ1v) is 7.30. The van der Waals surface area contributed by atoms with Gasteiger partial charge in [0, 0.05) is 6.54 Å². The second kappa shape index (κ2) is 8.17. The summed E-state index contributed by atoms with van der Waals surface area (Å²) >= 11 is 3.45. The van der Waals surface area contributed by atoms with Gasteiger partial charge in [-0.3, -0.25) is 4.79 Å². The van der Waals surface area contributed by atoms with Crippen molar-refractivity contribution in [3.05, 3.63) is 28.2 Å². The lowest BCUT2D eigenvalue weighted by molar-refractivity contribution is -0.127. The summed E-state index contributed by atoms with van der Waals surface area (Å²) in [6, 6.07) is 5.79. The maximum Gasteiger partial charge on any atom is 0.260 e. The van der Waals surface area contributed by atoms with Crippen molar-refractivity contribution in [2.45, 2.75) is 32.8 Å². The Kier molecular flexibility index (Phi) is 6.87. The van der Waals surface area contributed by atoms with Crippen LogP contribution in [0.15, 0.2) is 22.7 Å². The van der Waals surface area contributed by atoms with Crippen molar-refractivity contribution in [2.24, 2.45) is 5.73 Å². The van der Waals surface area contributed by atoms with E-state index in [1.807, 2.05) is 25.1 Å². The third-order valence-electron chi connectivity index (χ3n) is 2.65. The number of ether oxygens (including phenoxy) is 1. The van der Waals surface area contributed by atoms with Gasteiger partial charge in [-0.1, -0.05) is 13.0 Å². The third-order valence-corrected chi connectivity index (χ3v) is 3.27. The molecule has 1 unspecified atom stereocenters. The summed E-state index contributed by atoms with van der Waals surface area (Å²) in [6.07, 6.45) is 1.23. The summed E-state index contributed by atoms with van der Waals surface area (Å²) in [5.41, 5.74) is 6.66. The van der Waals surface area contributed by atoms with Gasteiger partial charge >= 0.3 is 0 Å². The van der Waals surface area contributed by atoms with Crippen LogP contribution in [-0.2, 0) is 11.2 Å². The first kappa shape index (κ1) is 16.0. The van der Waals surface area contributed by atoms with E-state index in [0.717, 1.165) is 22.9 Å². The van der Waals surface area contributed by atoms with Crippen molar-refractivity contribution in [2.75, 3.05) is 13.1 Å². The van der Waals surface area contributed by atoms with Gasteiger partial charge < -0.3 is 15.8 Å². The molecular formula is C14H21BrN2O2. The molecule has 4 nitrogen and oxygen atoms in total. The number of nitrogens with two attached hydrogens (primary N) is 1. The van der Waals surface area contributed by atoms with Crippen molar-refractivity contribution in [1.82, 2.24) is 5.32 Å². The number of rotatable bonds is 7. The summed E-state index contributed by atoms with van der Waals surface area (Å²) in [5.74, 6) is 0.569. The molecule has 0 aromatic heterocycles. The minimum atomic E-state index is -0.511. The van der Waals surface area contributed by atoms with Gasteiger partial charge in [0.05, 0.1) is 4.47 Å². The Morgan fingerprint density at radius 3 is 2.84 bits per heavy atom. The average molecular weight is 329 g/mol. The molecule has 1 rings (SSSR count). The highest BCUT2D eigenvalue weighted by molar-refractivity contribution is 9.10. The lowest BCUT2D eigenvalue weighted by Crippen LogP contribution is -2.36. The summed E-state index contributed by atoms with van der Waals surface area (Å²) in [4.78, 5) is 11.7. The fourth-order valence-electron chi connectivity index (χ4n) is 1.60. The molecule has 3 N–H and O–H groups in total. The molecule has 0 saturated carbocycles. The lowest BCUT2D eigenvalue weighted by Gasteiger charge is -2.16. The molecule has 5 heteroatoms. The molecule has 0 aliphatic heterocycles. The number of amides is 1. The summed E-state index contributed by atoms with van der Waals surface area (Å²) in [7, 11) is 0. The predicted octanol–water partition coefficient (Wildman–Crippen LogP) is 2.24. The molecule has 0 aliphatic rings. The zero-order valence-electron chi connectivity index (χ0n) is 11.4. The highest BCUT2D eigenvalue weighted by atomic mass is 79.9. The van der Waals surface area contributed by atoms with Crippen LogP contribution < -0.4 is 15.8 Å². The smallest absolute Gasteiger partial charge is 0.260 e. The van der Waals surface area contributed by atoms with Crippen LogP contribution in [0.1, 0.15) is 25.8 Å². The number of nitrogens with one attached hydrogen (secondary N) is 1. The van der Waals surface area contributed by atoms with Gasteiger partial charge in [-0.2, -0.15) is 0 Å². The van der Waals surface area contributed by atoms with E-state index in [1.165, 1.54) is 0 Å². The molecule has 1 atom stereocenters. The summed E-state index contributed by atoms with van der Waals surface area (Å²) in [6.45, 7) is 5.04. The van der Waals surface area contributed by atoms with Crippen molar-refractivity contribution in [3.8, 4) is 5.75 Å². The molecule has 19 heavy (non-hydrogen) atoms. The van der Waals surface area contributed by atoms with E-state index in [4.69, 9.17) is 10.5 Å². The van der Waals surface area contributed by atoms with Crippen LogP contribution in [-0.4, -0.2) is 25.1 Å². The molecule has 0 aliphatic carbocycles. The Labute approximate surface area is 122 Å². The normalized spacial score (nSPS) is 12.0. The summed E-state index contributed by atoms with van der Waals surface area (Å²) < 4.78 is 6.49. The van der Waals surface area contributed by atoms with Crippen LogP contribution >= 0.6 is 15.9 Å². The largest absolute Gasteiger partial charge is 0.480 e. The standard InChI is InChI=1S/C14H21BrN2O2/c1-3-8-17-14(18)10(2)19-13-5-4-11(6-7-16)9-12(13)15/h4-5,9-10H,3,6-8,16H2,1-2H3,(H,17,18). The number of halogens is 1. The first-order valence-electron chi connectivity index (χ1n) is 6.51. The van der Waals surface area contributed by atoms with E-state index < -0.39 is 6.10 Å². The molecule has 1 aromatic rings. The molecule has 0 spiro atoms. The Morgan fingerprint density at radius 1 is 1.53 bits per heavy atom. The van der Waals surface area contributed by atoms with E-state index in [0.29, 0.717) is 18.8 Å². The quantitative estimate of drug-likeness (QED) is 0.806. The summed E-state index contributed by atoms with van der Waals surface area (Å²) in [5, 5.41) is 2.81. The van der Waals surface area contributed by atoms with Crippen molar-refractivity contribution in [1.29, 1.82) is 0 Å². The number of hydrogen-bond acceptors (Lipinski definition) is 3. The Morgan fingerprint density at radius 2 is 2.26 bits per heavy atom. The van der Waals surface area contributed by atoms with Crippen LogP contribution in [0.25, 0.3) is 0 Å². The monoisotopic (exact) mass is 328 g/mol. The van der Waals surface area contributed by atoms with E-state index >= 15 is 0 Å². The maximum absolute atomic E-state index is 11.7. The topological polar surface area (TPSA) is 64.3 Å². The van der Waals surface area contributed by atoms with Crippen LogP contribution in [0, 0.1) is 0 Å². The predicted molar refractivity (Wildman–Crippen MR) is 80.3 cm³/mol. The van der Waals surface area contributed by atoms with Crippen molar-refractivity contribution in [3.63, 3.8) is 0 Å². The van der Waals surface area contributed by atoms with Gasteiger partial charge in [0.1, 0.15) is 5.75 Å². The highest BCUT2D eigenvalue weighted by Gasteiger charge is 2.15. The van der Waals surface area contributed by atoms with E-state index in [-0.39, 0.29) is 5.91 Å². The molecule has 0 heterocycles. The first-order chi connectivity index (χ1) is 9.08. The van der Waals surface area contributed by atoms with Crippen molar-refractivity contribution < 1.29 is 9.53 Å². The molecule has 0 radical (unpaired) electrons. The van der Waals surface area contributed by atoms with Gasteiger partial charge in [0.25, 0.3) is 5.91 Å². The minimum Gasteiger partial charge on any atom is -0.480 e. The van der Waals surface area contributed by atoms with Crippen molar-refractivity contribution >= 4 is 21.8 Å². The fourth-order valence-corrected chi connectivity index (χ4v) is 2.12. The number of hydrogen-bond donors (Lipinski definition) is 2. The number of benzene rings is 1. The minimum absolute atomic E-state index is 0.0974. The second-order valence-electron chi connectivity index (χ2n) is 4.35. The fraction of sp³-hybridized carbons (Fsp3) is 0.500. The molecule has 1 aromatic carbocycles. The van der Waals surface area contributed by atoms with Gasteiger partial charge in [-0.15, -0.1) is 0 Å². The second-order valence-corrected chi connectivity index (χ2v) is 5.21. The van der Waals surface area contributed by atoms with Gasteiger partial charge in [-0.25, -0.2) is 0 Å². The zero-order chi connectivity index (χ0) is 14.3. The van der Waals surface area contributed by atoms with E-state index in [2.05, 4.69) is 21.2 Å². The number of carbonyl (C=O) groups excluding carboxylic acids is 1. The molecule has 0 bridgehead atoms. The van der Waals surface area contributed by atoms with Crippen LogP contribution in [0.4, 0.5) is 0 Å². The van der Waals surface area contributed by atoms with Gasteiger partial charge in [0.2, 0.25) is 0 Å². The lowest BCUT2D eigenvalue weighted by atomic mass is 10.1. The molecular weight excluding hydrogens is 308 g/mol. The Bertz CT molecular complexity index is 424. The highest BCUT2D eigenvalue weighted by Crippen LogP contribution is 2.27. The van der Waals surface area contributed by atoms with E-state index in [9.17, 15) is 4.79 Å². The Balaban J connectivity index is 2.63. The SMILES string of the molecule is CCCNC(=O)C(C)Oc1ccc(CCN)cc1Br. The van der Waals surface area contributed by atoms with Crippen LogP contribution in [0.5, 0.6) is 5.75 Å². The number of carbonyl (C=O) groups is 1. The zero-order valence-corrected chi connectivity index (χ0v) is 13.0. The van der Waals surface area contributed by atoms with E-state index in [1.54, 1.807) is 6.92 Å². The van der Waals surface area contributed by atoms with Gasteiger partial charge in [-0.05, 0) is 59.9 Å². The van der Waals surface area contributed by atoms with Crippen LogP contribution in [0.3, 0.4) is 0 Å². The molecule has 0 saturated heterocycles.